The molecular formula is C36H39ClF6N8O3. The van der Waals surface area contributed by atoms with E-state index in [1.807, 2.05) is 20.8 Å². The van der Waals surface area contributed by atoms with Gasteiger partial charge in [-0.15, -0.1) is 0 Å². The average Bonchev–Trinajstić information content (AvgIpc) is 3.81. The van der Waals surface area contributed by atoms with E-state index in [0.717, 1.165) is 11.2 Å². The average molecular weight is 781 g/mol. The summed E-state index contributed by atoms with van der Waals surface area (Å²) >= 11 is 6.45. The highest BCUT2D eigenvalue weighted by Gasteiger charge is 2.53. The number of hydrogen-bond acceptors (Lipinski definition) is 8. The van der Waals surface area contributed by atoms with Crippen LogP contribution in [0, 0.1) is 10.8 Å². The van der Waals surface area contributed by atoms with Crippen molar-refractivity contribution < 1.29 is 40.7 Å². The molecule has 0 saturated carbocycles. The van der Waals surface area contributed by atoms with Gasteiger partial charge in [-0.25, -0.2) is 23.4 Å². The third kappa shape index (κ3) is 8.10. The van der Waals surface area contributed by atoms with Gasteiger partial charge in [-0.05, 0) is 47.6 Å². The van der Waals surface area contributed by atoms with E-state index in [0.29, 0.717) is 33.0 Å². The van der Waals surface area contributed by atoms with Gasteiger partial charge in [-0.1, -0.05) is 76.6 Å². The largest absolute Gasteiger partial charge is 0.463 e. The van der Waals surface area contributed by atoms with Crippen LogP contribution < -0.4 is 5.73 Å². The van der Waals surface area contributed by atoms with Crippen molar-refractivity contribution >= 4 is 29.4 Å². The van der Waals surface area contributed by atoms with Crippen molar-refractivity contribution in [3.63, 3.8) is 0 Å². The SMILES string of the molecule is CC(C)(C)C[C@]1(c2ccc(-c3cnn(C(F)F)c3)cc2)N=C(N)N([C@H](COC(=O)CC(C)(C)C(C)(F)F)c2ccc(Cl)c(-c3ncnn3C(F)F)c2)C1=O. The summed E-state index contributed by atoms with van der Waals surface area (Å²) in [6.45, 7) is 2.26. The Morgan fingerprint density at radius 2 is 1.63 bits per heavy atom. The van der Waals surface area contributed by atoms with E-state index in [1.165, 1.54) is 44.4 Å². The lowest BCUT2D eigenvalue weighted by molar-refractivity contribution is -0.157. The third-order valence-electron chi connectivity index (χ3n) is 9.27. The van der Waals surface area contributed by atoms with E-state index in [2.05, 4.69) is 15.2 Å². The van der Waals surface area contributed by atoms with Crippen LogP contribution >= 0.6 is 11.6 Å². The van der Waals surface area contributed by atoms with Gasteiger partial charge in [0.1, 0.15) is 12.9 Å². The molecule has 18 heteroatoms. The predicted molar refractivity (Wildman–Crippen MR) is 188 cm³/mol. The van der Waals surface area contributed by atoms with Crippen LogP contribution in [0.1, 0.15) is 84.7 Å². The normalized spacial score (nSPS) is 17.4. The molecule has 0 radical (unpaired) electrons. The number of guanidine groups is 1. The van der Waals surface area contributed by atoms with Crippen LogP contribution in [-0.2, 0) is 19.9 Å². The summed E-state index contributed by atoms with van der Waals surface area (Å²) < 4.78 is 89.1. The number of nitrogens with zero attached hydrogens (tertiary/aromatic N) is 7. The topological polar surface area (TPSA) is 134 Å². The van der Waals surface area contributed by atoms with E-state index in [9.17, 15) is 35.9 Å². The zero-order chi connectivity index (χ0) is 40.0. The molecule has 2 N–H and O–H groups in total. The summed E-state index contributed by atoms with van der Waals surface area (Å²) in [5.41, 5.74) is 4.14. The molecule has 0 bridgehead atoms. The Hall–Kier alpha value is -4.93. The molecule has 0 fully saturated rings. The summed E-state index contributed by atoms with van der Waals surface area (Å²) in [5, 5.41) is 7.25. The van der Waals surface area contributed by atoms with Crippen LogP contribution in [0.4, 0.5) is 26.3 Å². The minimum absolute atomic E-state index is 0.00363. The number of aliphatic imine (C=N–C) groups is 1. The maximum atomic E-state index is 14.9. The van der Waals surface area contributed by atoms with Gasteiger partial charge in [-0.3, -0.25) is 14.5 Å². The first-order valence-corrected chi connectivity index (χ1v) is 17.1. The smallest absolute Gasteiger partial charge is 0.335 e. The quantitative estimate of drug-likeness (QED) is 0.106. The Labute approximate surface area is 312 Å². The second-order valence-electron chi connectivity index (χ2n) is 15.0. The molecule has 54 heavy (non-hydrogen) atoms. The Balaban J connectivity index is 1.59. The van der Waals surface area contributed by atoms with Gasteiger partial charge in [0.15, 0.2) is 17.3 Å². The minimum Gasteiger partial charge on any atom is -0.463 e. The maximum Gasteiger partial charge on any atom is 0.335 e. The van der Waals surface area contributed by atoms with E-state index in [-0.39, 0.29) is 34.4 Å². The van der Waals surface area contributed by atoms with Crippen molar-refractivity contribution in [3.8, 4) is 22.5 Å². The lowest BCUT2D eigenvalue weighted by Crippen LogP contribution is -2.47. The monoisotopic (exact) mass is 780 g/mol. The highest BCUT2D eigenvalue weighted by molar-refractivity contribution is 6.33. The van der Waals surface area contributed by atoms with Gasteiger partial charge < -0.3 is 10.5 Å². The van der Waals surface area contributed by atoms with Gasteiger partial charge in [0.25, 0.3) is 11.8 Å². The number of hydrogen-bond donors (Lipinski definition) is 1. The molecule has 2 aromatic carbocycles. The molecule has 11 nitrogen and oxygen atoms in total. The standard InChI is InChI=1S/C36H39ClF6N8O3/c1-33(2,3)18-36(23-10-7-20(8-11-23)22-15-46-49(16-22)30(38)39)29(53)50(32(44)48-36)26(17-54-27(52)14-34(4,5)35(6,42)43)21-9-12-25(37)24(13-21)28-45-19-47-51(28)31(40)41/h7-13,15-16,19,26,30-31H,14,17-18H2,1-6H3,(H2,44,48)/t26-,36-/m1/s1. The van der Waals surface area contributed by atoms with E-state index in [4.69, 9.17) is 27.1 Å². The van der Waals surface area contributed by atoms with Gasteiger partial charge in [-0.2, -0.15) is 32.4 Å². The number of amides is 1. The molecule has 290 valence electrons. The van der Waals surface area contributed by atoms with Crippen molar-refractivity contribution in [2.24, 2.45) is 21.6 Å². The first-order valence-electron chi connectivity index (χ1n) is 16.7. The Morgan fingerprint density at radius 3 is 2.20 bits per heavy atom. The molecule has 2 atom stereocenters. The molecule has 1 amide bonds. The zero-order valence-electron chi connectivity index (χ0n) is 30.2. The number of aromatic nitrogens is 5. The van der Waals surface area contributed by atoms with Crippen molar-refractivity contribution in [2.45, 2.75) is 85.0 Å². The highest BCUT2D eigenvalue weighted by atomic mass is 35.5. The molecule has 4 aromatic rings. The number of rotatable bonds is 13. The fraction of sp³-hybridized carbons (Fsp3) is 0.444. The molecule has 1 aliphatic rings. The van der Waals surface area contributed by atoms with E-state index >= 15 is 0 Å². The number of nitrogens with two attached hydrogens (primary N) is 1. The first-order chi connectivity index (χ1) is 25.0. The van der Waals surface area contributed by atoms with Crippen LogP contribution in [0.25, 0.3) is 22.5 Å². The first kappa shape index (κ1) is 40.3. The summed E-state index contributed by atoms with van der Waals surface area (Å²) in [4.78, 5) is 37.8. The fourth-order valence-electron chi connectivity index (χ4n) is 6.17. The number of carbonyl (C=O) groups is 2. The summed E-state index contributed by atoms with van der Waals surface area (Å²) in [7, 11) is 0. The summed E-state index contributed by atoms with van der Waals surface area (Å²) in [6.07, 6.45) is 2.82. The van der Waals surface area contributed by atoms with Crippen molar-refractivity contribution in [1.82, 2.24) is 29.4 Å². The molecule has 3 heterocycles. The van der Waals surface area contributed by atoms with Gasteiger partial charge >= 0.3 is 19.1 Å². The number of esters is 1. The Kier molecular flexibility index (Phi) is 11.0. The minimum atomic E-state index is -3.25. The summed E-state index contributed by atoms with van der Waals surface area (Å²) in [6, 6.07) is 9.44. The van der Waals surface area contributed by atoms with Crippen molar-refractivity contribution in [2.75, 3.05) is 6.61 Å². The van der Waals surface area contributed by atoms with Crippen LogP contribution in [0.15, 0.2) is 66.2 Å². The molecule has 1 aliphatic heterocycles. The molecule has 5 rings (SSSR count). The second-order valence-corrected chi connectivity index (χ2v) is 15.4. The van der Waals surface area contributed by atoms with Crippen molar-refractivity contribution in [3.05, 3.63) is 77.3 Å². The molecule has 0 spiro atoms. The van der Waals surface area contributed by atoms with Crippen LogP contribution in [0.5, 0.6) is 0 Å². The van der Waals surface area contributed by atoms with Gasteiger partial charge in [0.2, 0.25) is 0 Å². The van der Waals surface area contributed by atoms with Gasteiger partial charge in [0.05, 0.1) is 23.7 Å². The Bertz CT molecular complexity index is 2040. The van der Waals surface area contributed by atoms with E-state index in [1.54, 1.807) is 24.3 Å². The lowest BCUT2D eigenvalue weighted by atomic mass is 9.75. The molecule has 0 unspecified atom stereocenters. The maximum absolute atomic E-state index is 14.9. The number of halogens is 7. The fourth-order valence-corrected chi connectivity index (χ4v) is 6.37. The molecular weight excluding hydrogens is 742 g/mol. The number of ether oxygens (including phenoxy) is 1. The van der Waals surface area contributed by atoms with E-state index < -0.39 is 66.3 Å². The highest BCUT2D eigenvalue weighted by Crippen LogP contribution is 2.46. The molecule has 0 aliphatic carbocycles. The third-order valence-corrected chi connectivity index (χ3v) is 9.60. The van der Waals surface area contributed by atoms with Crippen molar-refractivity contribution in [1.29, 1.82) is 0 Å². The lowest BCUT2D eigenvalue weighted by Gasteiger charge is -2.35. The van der Waals surface area contributed by atoms with Crippen LogP contribution in [0.3, 0.4) is 0 Å². The Morgan fingerprint density at radius 1 is 0.963 bits per heavy atom. The predicted octanol–water partition coefficient (Wildman–Crippen LogP) is 8.40. The summed E-state index contributed by atoms with van der Waals surface area (Å²) in [5.74, 6) is -5.45. The number of carbonyl (C=O) groups excluding carboxylic acids is 2. The molecule has 2 aromatic heterocycles. The second kappa shape index (κ2) is 14.7. The van der Waals surface area contributed by atoms with Gasteiger partial charge in [0, 0.05) is 22.7 Å². The number of alkyl halides is 6. The zero-order valence-corrected chi connectivity index (χ0v) is 31.0. The van der Waals surface area contributed by atoms with Crippen LogP contribution in [0.2, 0.25) is 5.02 Å². The number of benzene rings is 2. The molecule has 0 saturated heterocycles. The van der Waals surface area contributed by atoms with Crippen LogP contribution in [-0.4, -0.2) is 59.8 Å².